The molecule has 0 radical (unpaired) electrons. The molecular weight excluding hydrogens is 264 g/mol. The number of nitrogens with zero attached hydrogens (tertiary/aromatic N) is 1. The lowest BCUT2D eigenvalue weighted by Crippen LogP contribution is -2.29. The number of nitrogens with one attached hydrogen (secondary N) is 1. The lowest BCUT2D eigenvalue weighted by atomic mass is 9.90. The van der Waals surface area contributed by atoms with Gasteiger partial charge in [0.05, 0.1) is 12.3 Å². The van der Waals surface area contributed by atoms with Crippen LogP contribution in [-0.2, 0) is 14.9 Å². The van der Waals surface area contributed by atoms with Crippen LogP contribution in [-0.4, -0.2) is 35.8 Å². The maximum absolute atomic E-state index is 11.2. The second-order valence-electron chi connectivity index (χ2n) is 5.43. The predicted octanol–water partition coefficient (Wildman–Crippen LogP) is 2.34. The van der Waals surface area contributed by atoms with Gasteiger partial charge in [0.1, 0.15) is 5.41 Å². The molecule has 1 aromatic heterocycles. The van der Waals surface area contributed by atoms with Crippen LogP contribution in [0.25, 0.3) is 0 Å². The largest absolute Gasteiger partial charge is 0.481 e. The Morgan fingerprint density at radius 3 is 3.11 bits per heavy atom. The first kappa shape index (κ1) is 14.3. The van der Waals surface area contributed by atoms with Crippen molar-refractivity contribution in [3.05, 3.63) is 11.1 Å². The number of anilines is 1. The van der Waals surface area contributed by atoms with Crippen molar-refractivity contribution >= 4 is 22.4 Å². The second kappa shape index (κ2) is 5.88. The van der Waals surface area contributed by atoms with Crippen molar-refractivity contribution in [1.82, 2.24) is 4.98 Å². The molecule has 0 aromatic carbocycles. The van der Waals surface area contributed by atoms with Gasteiger partial charge in [0, 0.05) is 18.5 Å². The summed E-state index contributed by atoms with van der Waals surface area (Å²) in [4.78, 5) is 15.5. The number of hydrogen-bond acceptors (Lipinski definition) is 5. The van der Waals surface area contributed by atoms with E-state index in [1.807, 2.05) is 5.38 Å². The van der Waals surface area contributed by atoms with Crippen molar-refractivity contribution in [2.45, 2.75) is 32.1 Å². The lowest BCUT2D eigenvalue weighted by molar-refractivity contribution is -0.142. The second-order valence-corrected chi connectivity index (χ2v) is 6.29. The molecule has 2 rings (SSSR count). The van der Waals surface area contributed by atoms with E-state index in [1.54, 1.807) is 13.8 Å². The molecule has 0 bridgehead atoms. The third-order valence-corrected chi connectivity index (χ3v) is 4.28. The van der Waals surface area contributed by atoms with E-state index >= 15 is 0 Å². The zero-order valence-electron chi connectivity index (χ0n) is 11.3. The minimum absolute atomic E-state index is 0.522. The van der Waals surface area contributed by atoms with Crippen molar-refractivity contribution in [3.8, 4) is 0 Å². The number of hydrogen-bond donors (Lipinski definition) is 2. The van der Waals surface area contributed by atoms with E-state index in [0.717, 1.165) is 31.3 Å². The third kappa shape index (κ3) is 3.45. The first-order valence-corrected chi connectivity index (χ1v) is 7.39. The van der Waals surface area contributed by atoms with E-state index < -0.39 is 11.4 Å². The summed E-state index contributed by atoms with van der Waals surface area (Å²) in [5, 5.41) is 15.0. The van der Waals surface area contributed by atoms with Crippen LogP contribution in [0.4, 0.5) is 5.13 Å². The highest BCUT2D eigenvalue weighted by Crippen LogP contribution is 2.27. The number of carbonyl (C=O) groups is 1. The topological polar surface area (TPSA) is 71.5 Å². The summed E-state index contributed by atoms with van der Waals surface area (Å²) in [5.41, 5.74) is -0.336. The summed E-state index contributed by atoms with van der Waals surface area (Å²) in [6.45, 7) is 5.84. The number of carboxylic acid groups (broad SMARTS) is 1. The van der Waals surface area contributed by atoms with Crippen LogP contribution in [0, 0.1) is 5.92 Å². The molecule has 106 valence electrons. The maximum atomic E-state index is 11.2. The molecule has 0 aliphatic carbocycles. The molecule has 1 saturated heterocycles. The van der Waals surface area contributed by atoms with Gasteiger partial charge in [-0.15, -0.1) is 11.3 Å². The van der Waals surface area contributed by atoms with Gasteiger partial charge in [0.2, 0.25) is 0 Å². The van der Waals surface area contributed by atoms with Gasteiger partial charge in [-0.05, 0) is 32.6 Å². The molecule has 19 heavy (non-hydrogen) atoms. The molecule has 2 heterocycles. The fourth-order valence-electron chi connectivity index (χ4n) is 1.95. The van der Waals surface area contributed by atoms with Crippen molar-refractivity contribution in [2.75, 3.05) is 25.1 Å². The van der Waals surface area contributed by atoms with Crippen molar-refractivity contribution in [2.24, 2.45) is 5.92 Å². The van der Waals surface area contributed by atoms with Gasteiger partial charge >= 0.3 is 5.97 Å². The molecule has 5 nitrogen and oxygen atoms in total. The summed E-state index contributed by atoms with van der Waals surface area (Å²) >= 11 is 1.46. The third-order valence-electron chi connectivity index (χ3n) is 3.48. The Morgan fingerprint density at radius 1 is 1.68 bits per heavy atom. The highest BCUT2D eigenvalue weighted by molar-refractivity contribution is 7.13. The smallest absolute Gasteiger partial charge is 0.315 e. The maximum Gasteiger partial charge on any atom is 0.315 e. The average Bonchev–Trinajstić information content (AvgIpc) is 2.87. The van der Waals surface area contributed by atoms with Crippen LogP contribution in [0.3, 0.4) is 0 Å². The van der Waals surface area contributed by atoms with Gasteiger partial charge in [-0.2, -0.15) is 0 Å². The lowest BCUT2D eigenvalue weighted by Gasteiger charge is -2.22. The first-order chi connectivity index (χ1) is 9.00. The van der Waals surface area contributed by atoms with E-state index in [9.17, 15) is 4.79 Å². The van der Waals surface area contributed by atoms with E-state index in [2.05, 4.69) is 10.3 Å². The molecule has 6 heteroatoms. The van der Waals surface area contributed by atoms with Gasteiger partial charge in [-0.25, -0.2) is 4.98 Å². The van der Waals surface area contributed by atoms with Gasteiger partial charge in [-0.1, -0.05) is 0 Å². The molecule has 2 N–H and O–H groups in total. The number of aromatic nitrogens is 1. The van der Waals surface area contributed by atoms with E-state index in [1.165, 1.54) is 17.8 Å². The quantitative estimate of drug-likeness (QED) is 0.868. The fourth-order valence-corrected chi connectivity index (χ4v) is 2.84. The SMILES string of the molecule is CC(C)(C(=O)O)c1csc(NCC2CCCOC2)n1. The van der Waals surface area contributed by atoms with Gasteiger partial charge < -0.3 is 15.2 Å². The molecule has 0 amide bonds. The predicted molar refractivity (Wildman–Crippen MR) is 74.8 cm³/mol. The summed E-state index contributed by atoms with van der Waals surface area (Å²) in [6.07, 6.45) is 2.29. The number of aliphatic carboxylic acids is 1. The average molecular weight is 284 g/mol. The van der Waals surface area contributed by atoms with Crippen molar-refractivity contribution < 1.29 is 14.6 Å². The summed E-state index contributed by atoms with van der Waals surface area (Å²) in [7, 11) is 0. The first-order valence-electron chi connectivity index (χ1n) is 6.51. The van der Waals surface area contributed by atoms with Crippen LogP contribution in [0.2, 0.25) is 0 Å². The van der Waals surface area contributed by atoms with Gasteiger partial charge in [-0.3, -0.25) is 4.79 Å². The van der Waals surface area contributed by atoms with Crippen LogP contribution in [0.1, 0.15) is 32.4 Å². The normalized spacial score (nSPS) is 20.2. The fraction of sp³-hybridized carbons (Fsp3) is 0.692. The monoisotopic (exact) mass is 284 g/mol. The molecule has 1 atom stereocenters. The molecule has 1 aliphatic rings. The summed E-state index contributed by atoms with van der Waals surface area (Å²) < 4.78 is 5.43. The summed E-state index contributed by atoms with van der Waals surface area (Å²) in [6, 6.07) is 0. The van der Waals surface area contributed by atoms with E-state index in [0.29, 0.717) is 11.6 Å². The summed E-state index contributed by atoms with van der Waals surface area (Å²) in [5.74, 6) is -0.335. The number of carboxylic acids is 1. The molecule has 1 unspecified atom stereocenters. The van der Waals surface area contributed by atoms with Crippen LogP contribution in [0.15, 0.2) is 5.38 Å². The zero-order valence-corrected chi connectivity index (χ0v) is 12.1. The highest BCUT2D eigenvalue weighted by Gasteiger charge is 2.32. The molecule has 1 aliphatic heterocycles. The Balaban J connectivity index is 1.92. The molecule has 0 spiro atoms. The highest BCUT2D eigenvalue weighted by atomic mass is 32.1. The molecular formula is C13H20N2O3S. The Bertz CT molecular complexity index is 439. The zero-order chi connectivity index (χ0) is 13.9. The Hall–Kier alpha value is -1.14. The van der Waals surface area contributed by atoms with Crippen LogP contribution in [0.5, 0.6) is 0 Å². The minimum Gasteiger partial charge on any atom is -0.481 e. The Morgan fingerprint density at radius 2 is 2.47 bits per heavy atom. The van der Waals surface area contributed by atoms with Crippen molar-refractivity contribution in [1.29, 1.82) is 0 Å². The van der Waals surface area contributed by atoms with Gasteiger partial charge in [0.15, 0.2) is 5.13 Å². The molecule has 0 saturated carbocycles. The molecule has 1 fully saturated rings. The van der Waals surface area contributed by atoms with E-state index in [4.69, 9.17) is 9.84 Å². The number of rotatable bonds is 5. The van der Waals surface area contributed by atoms with Crippen LogP contribution >= 0.6 is 11.3 Å². The Labute approximate surface area is 117 Å². The standard InChI is InChI=1S/C13H20N2O3S/c1-13(2,11(16)17)10-8-19-12(15-10)14-6-9-4-3-5-18-7-9/h8-9H,3-7H2,1-2H3,(H,14,15)(H,16,17). The van der Waals surface area contributed by atoms with Gasteiger partial charge in [0.25, 0.3) is 0 Å². The Kier molecular flexibility index (Phi) is 4.42. The number of thiazole rings is 1. The number of ether oxygens (including phenoxy) is 1. The van der Waals surface area contributed by atoms with E-state index in [-0.39, 0.29) is 0 Å². The molecule has 1 aromatic rings. The van der Waals surface area contributed by atoms with Crippen molar-refractivity contribution in [3.63, 3.8) is 0 Å². The van der Waals surface area contributed by atoms with Crippen LogP contribution < -0.4 is 5.32 Å². The minimum atomic E-state index is -0.940.